The molecule has 1 fully saturated rings. The summed E-state index contributed by atoms with van der Waals surface area (Å²) in [6.45, 7) is 4.06. The molecule has 2 aliphatic heterocycles. The summed E-state index contributed by atoms with van der Waals surface area (Å²) >= 11 is 0. The van der Waals surface area contributed by atoms with Gasteiger partial charge in [0.15, 0.2) is 11.5 Å². The molecule has 10 nitrogen and oxygen atoms in total. The van der Waals surface area contributed by atoms with Crippen LogP contribution in [0, 0.1) is 6.92 Å². The van der Waals surface area contributed by atoms with Crippen LogP contribution >= 0.6 is 0 Å². The number of aryl methyl sites for hydroxylation is 2. The van der Waals surface area contributed by atoms with Gasteiger partial charge in [0, 0.05) is 49.6 Å². The van der Waals surface area contributed by atoms with E-state index < -0.39 is 0 Å². The van der Waals surface area contributed by atoms with Crippen LogP contribution in [0.15, 0.2) is 42.7 Å². The first kappa shape index (κ1) is 21.0. The molecule has 0 bridgehead atoms. The van der Waals surface area contributed by atoms with Crippen LogP contribution in [0.3, 0.4) is 0 Å². The molecule has 0 spiro atoms. The lowest BCUT2D eigenvalue weighted by Crippen LogP contribution is -2.39. The van der Waals surface area contributed by atoms with E-state index in [2.05, 4.69) is 15.5 Å². The number of anilines is 1. The summed E-state index contributed by atoms with van der Waals surface area (Å²) in [5, 5.41) is 11.6. The van der Waals surface area contributed by atoms with Crippen molar-refractivity contribution in [3.05, 3.63) is 54.0 Å². The molecule has 0 atom stereocenters. The average molecular weight is 450 g/mol. The van der Waals surface area contributed by atoms with Crippen LogP contribution in [-0.4, -0.2) is 56.2 Å². The molecule has 1 aromatic carbocycles. The summed E-state index contributed by atoms with van der Waals surface area (Å²) < 4.78 is 14.4. The number of hydrogen-bond acceptors (Lipinski definition) is 6. The first-order valence-electron chi connectivity index (χ1n) is 11.1. The van der Waals surface area contributed by atoms with Crippen molar-refractivity contribution in [3.63, 3.8) is 0 Å². The Morgan fingerprint density at radius 3 is 2.64 bits per heavy atom. The molecule has 2 aromatic heterocycles. The highest BCUT2D eigenvalue weighted by molar-refractivity contribution is 6.04. The second-order valence-corrected chi connectivity index (χ2v) is 8.24. The van der Waals surface area contributed by atoms with Gasteiger partial charge >= 0.3 is 0 Å². The number of rotatable bonds is 6. The molecule has 1 N–H and O–H groups in total. The van der Waals surface area contributed by atoms with E-state index in [1.807, 2.05) is 27.3 Å². The summed E-state index contributed by atoms with van der Waals surface area (Å²) in [4.78, 5) is 27.3. The van der Waals surface area contributed by atoms with Crippen molar-refractivity contribution in [1.29, 1.82) is 0 Å². The minimum Gasteiger partial charge on any atom is -0.454 e. The Balaban J connectivity index is 1.17. The Hall–Kier alpha value is -3.82. The second kappa shape index (κ2) is 8.97. The zero-order valence-electron chi connectivity index (χ0n) is 18.4. The van der Waals surface area contributed by atoms with Gasteiger partial charge in [-0.15, -0.1) is 0 Å². The molecule has 1 saturated heterocycles. The number of ether oxygens (including phenoxy) is 2. The topological polar surface area (TPSA) is 104 Å². The van der Waals surface area contributed by atoms with Gasteiger partial charge in [0.05, 0.1) is 12.2 Å². The number of likely N-dealkylation sites (tertiary alicyclic amines) is 1. The maximum atomic E-state index is 12.8. The van der Waals surface area contributed by atoms with Crippen molar-refractivity contribution in [2.24, 2.45) is 0 Å². The van der Waals surface area contributed by atoms with E-state index in [0.29, 0.717) is 48.9 Å². The van der Waals surface area contributed by atoms with Gasteiger partial charge in [-0.25, -0.2) is 4.68 Å². The molecule has 0 aliphatic carbocycles. The van der Waals surface area contributed by atoms with E-state index in [-0.39, 0.29) is 24.6 Å². The summed E-state index contributed by atoms with van der Waals surface area (Å²) in [6.07, 6.45) is 5.42. The molecule has 2 aliphatic rings. The van der Waals surface area contributed by atoms with Crippen LogP contribution in [0.4, 0.5) is 5.82 Å². The zero-order valence-corrected chi connectivity index (χ0v) is 18.4. The normalized spacial score (nSPS) is 15.6. The number of hydrogen-bond donors (Lipinski definition) is 1. The van der Waals surface area contributed by atoms with Gasteiger partial charge in [-0.3, -0.25) is 14.3 Å². The summed E-state index contributed by atoms with van der Waals surface area (Å²) in [5.41, 5.74) is 1.54. The first-order chi connectivity index (χ1) is 16.1. The molecule has 0 radical (unpaired) electrons. The third kappa shape index (κ3) is 4.41. The van der Waals surface area contributed by atoms with Crippen LogP contribution in [-0.2, 0) is 11.3 Å². The number of fused-ring (bicyclic) bond motifs is 1. The van der Waals surface area contributed by atoms with Gasteiger partial charge in [0.1, 0.15) is 5.82 Å². The number of benzene rings is 1. The van der Waals surface area contributed by atoms with Gasteiger partial charge in [-0.05, 0) is 44.0 Å². The Bertz CT molecular complexity index is 1160. The Kier molecular flexibility index (Phi) is 5.72. The van der Waals surface area contributed by atoms with Crippen LogP contribution in [0.25, 0.3) is 0 Å². The summed E-state index contributed by atoms with van der Waals surface area (Å²) in [7, 11) is 0. The molecule has 4 heterocycles. The number of carbonyl (C=O) groups excluding carboxylic acids is 2. The minimum atomic E-state index is -0.239. The van der Waals surface area contributed by atoms with Gasteiger partial charge in [0.25, 0.3) is 5.91 Å². The van der Waals surface area contributed by atoms with Gasteiger partial charge in [0.2, 0.25) is 12.7 Å². The summed E-state index contributed by atoms with van der Waals surface area (Å²) in [5.74, 6) is 1.74. The lowest BCUT2D eigenvalue weighted by atomic mass is 10.0. The molecular weight excluding hydrogens is 424 g/mol. The van der Waals surface area contributed by atoms with Crippen LogP contribution in [0.5, 0.6) is 11.5 Å². The zero-order chi connectivity index (χ0) is 22.8. The second-order valence-electron chi connectivity index (χ2n) is 8.24. The molecule has 33 heavy (non-hydrogen) atoms. The third-order valence-corrected chi connectivity index (χ3v) is 6.18. The van der Waals surface area contributed by atoms with E-state index in [9.17, 15) is 9.59 Å². The number of carbonyl (C=O) groups is 2. The van der Waals surface area contributed by atoms with Gasteiger partial charge in [-0.1, -0.05) is 0 Å². The first-order valence-corrected chi connectivity index (χ1v) is 11.1. The fraction of sp³-hybridized carbons (Fsp3) is 0.391. The van der Waals surface area contributed by atoms with Crippen molar-refractivity contribution in [1.82, 2.24) is 24.5 Å². The van der Waals surface area contributed by atoms with Crippen molar-refractivity contribution in [2.45, 2.75) is 38.8 Å². The number of nitrogens with one attached hydrogen (secondary N) is 1. The number of piperidine rings is 1. The highest BCUT2D eigenvalue weighted by Crippen LogP contribution is 2.33. The van der Waals surface area contributed by atoms with Crippen LogP contribution < -0.4 is 14.8 Å². The van der Waals surface area contributed by atoms with E-state index in [4.69, 9.17) is 9.47 Å². The van der Waals surface area contributed by atoms with Crippen molar-refractivity contribution >= 4 is 17.6 Å². The molecule has 10 heteroatoms. The fourth-order valence-electron chi connectivity index (χ4n) is 4.28. The number of nitrogens with zero attached hydrogens (tertiary/aromatic N) is 5. The maximum absolute atomic E-state index is 12.8. The fourth-order valence-corrected chi connectivity index (χ4v) is 4.28. The van der Waals surface area contributed by atoms with Crippen molar-refractivity contribution in [2.75, 3.05) is 25.2 Å². The number of aromatic nitrogens is 4. The summed E-state index contributed by atoms with van der Waals surface area (Å²) in [6, 6.07) is 8.95. The van der Waals surface area contributed by atoms with Gasteiger partial charge < -0.3 is 19.7 Å². The molecular formula is C23H26N6O4. The number of amides is 2. The maximum Gasteiger partial charge on any atom is 0.256 e. The lowest BCUT2D eigenvalue weighted by Gasteiger charge is -2.32. The van der Waals surface area contributed by atoms with E-state index in [1.54, 1.807) is 36.7 Å². The highest BCUT2D eigenvalue weighted by atomic mass is 16.7. The molecule has 3 aromatic rings. The highest BCUT2D eigenvalue weighted by Gasteiger charge is 2.26. The van der Waals surface area contributed by atoms with Crippen LogP contribution in [0.1, 0.15) is 41.4 Å². The Morgan fingerprint density at radius 1 is 1.06 bits per heavy atom. The molecule has 172 valence electrons. The van der Waals surface area contributed by atoms with Gasteiger partial charge in [-0.2, -0.15) is 10.2 Å². The van der Waals surface area contributed by atoms with E-state index in [0.717, 1.165) is 18.5 Å². The lowest BCUT2D eigenvalue weighted by molar-refractivity contribution is -0.132. The molecule has 5 rings (SSSR count). The molecule has 2 amide bonds. The third-order valence-electron chi connectivity index (χ3n) is 6.18. The van der Waals surface area contributed by atoms with Crippen molar-refractivity contribution < 1.29 is 19.1 Å². The quantitative estimate of drug-likeness (QED) is 0.619. The Labute approximate surface area is 191 Å². The van der Waals surface area contributed by atoms with E-state index >= 15 is 0 Å². The minimum absolute atomic E-state index is 0.115. The predicted octanol–water partition coefficient (Wildman–Crippen LogP) is 2.62. The van der Waals surface area contributed by atoms with Crippen molar-refractivity contribution in [3.8, 4) is 11.5 Å². The predicted molar refractivity (Wildman–Crippen MR) is 119 cm³/mol. The SMILES string of the molecule is Cc1ccnn1CCC(=O)N1CCC(n2nccc2NC(=O)c2ccc3c(c2)OCO3)CC1. The average Bonchev–Trinajstić information content (AvgIpc) is 3.58. The largest absolute Gasteiger partial charge is 0.454 e. The smallest absolute Gasteiger partial charge is 0.256 e. The Morgan fingerprint density at radius 2 is 1.85 bits per heavy atom. The van der Waals surface area contributed by atoms with E-state index in [1.165, 1.54) is 0 Å². The standard InChI is InChI=1S/C23H26N6O4/c1-16-4-9-24-28(16)13-8-22(30)27-11-6-18(7-12-27)29-21(5-10-25-29)26-23(31)17-2-3-19-20(14-17)33-15-32-19/h2-5,9-10,14,18H,6-8,11-13,15H2,1H3,(H,26,31). The monoisotopic (exact) mass is 450 g/mol. The molecule has 0 unspecified atom stereocenters. The van der Waals surface area contributed by atoms with Crippen LogP contribution in [0.2, 0.25) is 0 Å². The molecule has 0 saturated carbocycles.